The number of aromatic nitrogens is 4. The van der Waals surface area contributed by atoms with Gasteiger partial charge in [-0.3, -0.25) is 9.48 Å². The monoisotopic (exact) mass is 415 g/mol. The Balaban J connectivity index is 1.70. The van der Waals surface area contributed by atoms with Crippen LogP contribution >= 0.6 is 0 Å². The molecule has 0 bridgehead atoms. The Kier molecular flexibility index (Phi) is 5.02. The van der Waals surface area contributed by atoms with Crippen molar-refractivity contribution in [1.82, 2.24) is 24.8 Å². The lowest BCUT2D eigenvalue weighted by atomic mass is 9.99. The second-order valence-corrected chi connectivity index (χ2v) is 8.03. The van der Waals surface area contributed by atoms with E-state index in [1.807, 2.05) is 65.2 Å². The highest BCUT2D eigenvalue weighted by molar-refractivity contribution is 6.10. The molecule has 0 aliphatic carbocycles. The first-order chi connectivity index (χ1) is 15.2. The molecule has 1 aliphatic rings. The Morgan fingerprint density at radius 1 is 1.16 bits per heavy atom. The number of piperidine rings is 1. The van der Waals surface area contributed by atoms with Crippen LogP contribution in [0.5, 0.6) is 0 Å². The average molecular weight is 415 g/mol. The van der Waals surface area contributed by atoms with Gasteiger partial charge >= 0.3 is 0 Å². The third-order valence-electron chi connectivity index (χ3n) is 6.02. The lowest BCUT2D eigenvalue weighted by Gasteiger charge is -2.33. The molecule has 31 heavy (non-hydrogen) atoms. The summed E-state index contributed by atoms with van der Waals surface area (Å²) >= 11 is 0. The molecule has 7 heteroatoms. The molecular formula is C24H25N5O2. The minimum Gasteiger partial charge on any atom is -0.336 e. The Morgan fingerprint density at radius 2 is 2.00 bits per heavy atom. The van der Waals surface area contributed by atoms with E-state index in [4.69, 9.17) is 4.52 Å². The zero-order chi connectivity index (χ0) is 21.4. The highest BCUT2D eigenvalue weighted by atomic mass is 16.5. The first-order valence-corrected chi connectivity index (χ1v) is 10.9. The number of benzene rings is 1. The van der Waals surface area contributed by atoms with Crippen LogP contribution in [0.4, 0.5) is 0 Å². The Bertz CT molecular complexity index is 1230. The summed E-state index contributed by atoms with van der Waals surface area (Å²) in [5, 5.41) is 9.52. The molecule has 0 spiro atoms. The van der Waals surface area contributed by atoms with E-state index in [1.165, 1.54) is 0 Å². The van der Waals surface area contributed by atoms with Gasteiger partial charge in [-0.1, -0.05) is 35.5 Å². The molecule has 0 radical (unpaired) electrons. The molecule has 1 atom stereocenters. The van der Waals surface area contributed by atoms with Crippen LogP contribution in [-0.2, 0) is 6.54 Å². The van der Waals surface area contributed by atoms with Gasteiger partial charge in [-0.2, -0.15) is 5.10 Å². The van der Waals surface area contributed by atoms with Crippen LogP contribution in [0.15, 0.2) is 53.2 Å². The smallest absolute Gasteiger partial charge is 0.259 e. The van der Waals surface area contributed by atoms with Crippen molar-refractivity contribution < 1.29 is 9.32 Å². The predicted octanol–water partition coefficient (Wildman–Crippen LogP) is 4.79. The average Bonchev–Trinajstić information content (AvgIpc) is 3.46. The molecule has 1 amide bonds. The number of nitrogens with zero attached hydrogens (tertiary/aromatic N) is 5. The molecule has 4 heterocycles. The van der Waals surface area contributed by atoms with Gasteiger partial charge in [0, 0.05) is 30.9 Å². The summed E-state index contributed by atoms with van der Waals surface area (Å²) in [7, 11) is 0. The van der Waals surface area contributed by atoms with Crippen LogP contribution < -0.4 is 0 Å². The number of carbonyl (C=O) groups excluding carboxylic acids is 1. The highest BCUT2D eigenvalue weighted by Crippen LogP contribution is 2.34. The number of aryl methyl sites for hydroxylation is 1. The maximum absolute atomic E-state index is 13.8. The van der Waals surface area contributed by atoms with Crippen LogP contribution in [0, 0.1) is 0 Å². The van der Waals surface area contributed by atoms with E-state index in [1.54, 1.807) is 0 Å². The standard InChI is InChI=1S/C24H25N5O2/c1-3-28-14-12-19(26-28)20-15-18(24(30)29-13-8-7-9-16(29)2)21-22(27-31-23(21)25-20)17-10-5-4-6-11-17/h4-6,10-12,14-16H,3,7-9,13H2,1-2H3. The fourth-order valence-electron chi connectivity index (χ4n) is 4.27. The fourth-order valence-corrected chi connectivity index (χ4v) is 4.27. The van der Waals surface area contributed by atoms with Crippen LogP contribution in [-0.4, -0.2) is 43.3 Å². The summed E-state index contributed by atoms with van der Waals surface area (Å²) < 4.78 is 7.48. The largest absolute Gasteiger partial charge is 0.336 e. The minimum atomic E-state index is -0.00356. The third kappa shape index (κ3) is 3.50. The molecule has 3 aromatic heterocycles. The van der Waals surface area contributed by atoms with Crippen molar-refractivity contribution in [2.75, 3.05) is 6.54 Å². The first kappa shape index (κ1) is 19.5. The van der Waals surface area contributed by atoms with E-state index in [2.05, 4.69) is 22.2 Å². The summed E-state index contributed by atoms with van der Waals surface area (Å²) in [6.45, 7) is 5.67. The van der Waals surface area contributed by atoms with Crippen molar-refractivity contribution in [3.05, 3.63) is 54.2 Å². The third-order valence-corrected chi connectivity index (χ3v) is 6.02. The summed E-state index contributed by atoms with van der Waals surface area (Å²) in [4.78, 5) is 20.4. The summed E-state index contributed by atoms with van der Waals surface area (Å²) in [6, 6.07) is 13.7. The van der Waals surface area contributed by atoms with Gasteiger partial charge in [0.05, 0.1) is 16.6 Å². The van der Waals surface area contributed by atoms with E-state index in [9.17, 15) is 4.79 Å². The zero-order valence-electron chi connectivity index (χ0n) is 17.8. The minimum absolute atomic E-state index is 0.00356. The Hall–Kier alpha value is -3.48. The summed E-state index contributed by atoms with van der Waals surface area (Å²) in [5.41, 5.74) is 3.79. The van der Waals surface area contributed by atoms with Gasteiger partial charge in [0.1, 0.15) is 11.4 Å². The molecule has 7 nitrogen and oxygen atoms in total. The van der Waals surface area contributed by atoms with Crippen LogP contribution in [0.1, 0.15) is 43.5 Å². The molecule has 1 saturated heterocycles. The van der Waals surface area contributed by atoms with E-state index in [-0.39, 0.29) is 11.9 Å². The quantitative estimate of drug-likeness (QED) is 0.479. The van der Waals surface area contributed by atoms with Crippen molar-refractivity contribution >= 4 is 17.0 Å². The molecule has 1 aromatic carbocycles. The molecule has 0 N–H and O–H groups in total. The lowest BCUT2D eigenvalue weighted by Crippen LogP contribution is -2.42. The predicted molar refractivity (Wildman–Crippen MR) is 118 cm³/mol. The fraction of sp³-hybridized carbons (Fsp3) is 0.333. The SMILES string of the molecule is CCn1ccc(-c2cc(C(=O)N3CCCCC3C)c3c(-c4ccccc4)noc3n2)n1. The highest BCUT2D eigenvalue weighted by Gasteiger charge is 2.29. The maximum Gasteiger partial charge on any atom is 0.259 e. The van der Waals surface area contributed by atoms with Gasteiger partial charge in [-0.05, 0) is 45.2 Å². The molecular weight excluding hydrogens is 390 g/mol. The molecule has 5 rings (SSSR count). The number of likely N-dealkylation sites (tertiary alicyclic amines) is 1. The number of hydrogen-bond acceptors (Lipinski definition) is 5. The Morgan fingerprint density at radius 3 is 2.74 bits per heavy atom. The molecule has 1 aliphatic heterocycles. The van der Waals surface area contributed by atoms with Gasteiger partial charge in [0.2, 0.25) is 0 Å². The van der Waals surface area contributed by atoms with Crippen molar-refractivity contribution in [3.8, 4) is 22.6 Å². The van der Waals surface area contributed by atoms with Crippen molar-refractivity contribution in [2.24, 2.45) is 0 Å². The number of carbonyl (C=O) groups is 1. The summed E-state index contributed by atoms with van der Waals surface area (Å²) in [6.07, 6.45) is 5.10. The molecule has 1 unspecified atom stereocenters. The van der Waals surface area contributed by atoms with E-state index in [0.717, 1.165) is 37.9 Å². The van der Waals surface area contributed by atoms with Crippen molar-refractivity contribution in [2.45, 2.75) is 45.7 Å². The summed E-state index contributed by atoms with van der Waals surface area (Å²) in [5.74, 6) is -0.00356. The van der Waals surface area contributed by atoms with Crippen LogP contribution in [0.3, 0.4) is 0 Å². The van der Waals surface area contributed by atoms with E-state index in [0.29, 0.717) is 33.7 Å². The molecule has 158 valence electrons. The van der Waals surface area contributed by atoms with Crippen molar-refractivity contribution in [1.29, 1.82) is 0 Å². The van der Waals surface area contributed by atoms with Gasteiger partial charge in [0.15, 0.2) is 0 Å². The topological polar surface area (TPSA) is 77.0 Å². The normalized spacial score (nSPS) is 16.7. The second kappa shape index (κ2) is 7.98. The van der Waals surface area contributed by atoms with Crippen molar-refractivity contribution in [3.63, 3.8) is 0 Å². The number of fused-ring (bicyclic) bond motifs is 1. The molecule has 0 saturated carbocycles. The lowest BCUT2D eigenvalue weighted by molar-refractivity contribution is 0.0637. The number of rotatable bonds is 4. The maximum atomic E-state index is 13.8. The van der Waals surface area contributed by atoms with E-state index >= 15 is 0 Å². The van der Waals surface area contributed by atoms with Crippen LogP contribution in [0.25, 0.3) is 33.7 Å². The number of amides is 1. The van der Waals surface area contributed by atoms with E-state index < -0.39 is 0 Å². The number of pyridine rings is 1. The molecule has 1 fully saturated rings. The van der Waals surface area contributed by atoms with Crippen LogP contribution in [0.2, 0.25) is 0 Å². The van der Waals surface area contributed by atoms with Gasteiger partial charge < -0.3 is 9.42 Å². The van der Waals surface area contributed by atoms with Gasteiger partial charge in [-0.15, -0.1) is 0 Å². The number of hydrogen-bond donors (Lipinski definition) is 0. The Labute approximate surface area is 180 Å². The van der Waals surface area contributed by atoms with Gasteiger partial charge in [-0.25, -0.2) is 4.98 Å². The zero-order valence-corrected chi connectivity index (χ0v) is 17.8. The molecule has 4 aromatic rings. The first-order valence-electron chi connectivity index (χ1n) is 10.9. The second-order valence-electron chi connectivity index (χ2n) is 8.03. The van der Waals surface area contributed by atoms with Gasteiger partial charge in [0.25, 0.3) is 11.6 Å².